The van der Waals surface area contributed by atoms with Gasteiger partial charge in [-0.3, -0.25) is 4.79 Å². The lowest BCUT2D eigenvalue weighted by Gasteiger charge is -2.37. The third-order valence-electron chi connectivity index (χ3n) is 5.10. The molecule has 3 rings (SSSR count). The van der Waals surface area contributed by atoms with Gasteiger partial charge in [-0.05, 0) is 36.3 Å². The summed E-state index contributed by atoms with van der Waals surface area (Å²) < 4.78 is 0. The van der Waals surface area contributed by atoms with Crippen LogP contribution in [0.25, 0.3) is 0 Å². The van der Waals surface area contributed by atoms with Gasteiger partial charge >= 0.3 is 0 Å². The smallest absolute Gasteiger partial charge is 0.271 e. The molecule has 1 fully saturated rings. The van der Waals surface area contributed by atoms with E-state index in [1.165, 1.54) is 0 Å². The Kier molecular flexibility index (Phi) is 4.63. The molecule has 1 aliphatic rings. The highest BCUT2D eigenvalue weighted by atomic mass is 16.1. The number of rotatable bonds is 3. The molecule has 0 saturated carbocycles. The van der Waals surface area contributed by atoms with Crippen LogP contribution in [-0.2, 0) is 6.42 Å². The lowest BCUT2D eigenvalue weighted by molar-refractivity contribution is 0.279. The molecule has 0 radical (unpaired) electrons. The Labute approximate surface area is 148 Å². The number of H-pyrrole nitrogens is 1. The van der Waals surface area contributed by atoms with Gasteiger partial charge in [0, 0.05) is 19.5 Å². The summed E-state index contributed by atoms with van der Waals surface area (Å²) in [6, 6.07) is 10.1. The first-order valence-corrected chi connectivity index (χ1v) is 8.72. The van der Waals surface area contributed by atoms with Crippen molar-refractivity contribution in [2.45, 2.75) is 40.0 Å². The molecule has 0 atom stereocenters. The topological polar surface area (TPSA) is 72.8 Å². The van der Waals surface area contributed by atoms with Crippen molar-refractivity contribution < 1.29 is 0 Å². The summed E-state index contributed by atoms with van der Waals surface area (Å²) in [6.45, 7) is 8.20. The molecule has 1 aromatic carbocycles. The van der Waals surface area contributed by atoms with Gasteiger partial charge in [0.15, 0.2) is 11.4 Å². The van der Waals surface area contributed by atoms with Gasteiger partial charge in [-0.2, -0.15) is 5.26 Å². The fraction of sp³-hybridized carbons (Fsp3) is 0.450. The molecule has 1 saturated heterocycles. The molecule has 2 aromatic rings. The van der Waals surface area contributed by atoms with Crippen molar-refractivity contribution >= 4 is 5.82 Å². The molecule has 0 spiro atoms. The van der Waals surface area contributed by atoms with Gasteiger partial charge in [0.2, 0.25) is 0 Å². The molecule has 0 aliphatic carbocycles. The Balaban J connectivity index is 1.95. The number of nitriles is 1. The van der Waals surface area contributed by atoms with E-state index in [0.717, 1.165) is 37.1 Å². The van der Waals surface area contributed by atoms with E-state index < -0.39 is 0 Å². The predicted molar refractivity (Wildman–Crippen MR) is 98.8 cm³/mol. The number of nitrogens with one attached hydrogen (secondary N) is 1. The largest absolute Gasteiger partial charge is 0.355 e. The van der Waals surface area contributed by atoms with E-state index >= 15 is 0 Å². The van der Waals surface area contributed by atoms with Crippen molar-refractivity contribution in [3.63, 3.8) is 0 Å². The molecule has 1 N–H and O–H groups in total. The van der Waals surface area contributed by atoms with Gasteiger partial charge < -0.3 is 9.88 Å². The number of hydrogen-bond donors (Lipinski definition) is 1. The minimum absolute atomic E-state index is 0.119. The summed E-state index contributed by atoms with van der Waals surface area (Å²) in [5.41, 5.74) is 2.36. The molecule has 1 aliphatic heterocycles. The maximum Gasteiger partial charge on any atom is 0.271 e. The van der Waals surface area contributed by atoms with Crippen LogP contribution < -0.4 is 10.5 Å². The fourth-order valence-corrected chi connectivity index (χ4v) is 3.23. The zero-order valence-electron chi connectivity index (χ0n) is 15.1. The van der Waals surface area contributed by atoms with Crippen LogP contribution in [0.2, 0.25) is 0 Å². The van der Waals surface area contributed by atoms with Crippen molar-refractivity contribution in [2.75, 3.05) is 18.0 Å². The van der Waals surface area contributed by atoms with Crippen molar-refractivity contribution in [3.8, 4) is 6.07 Å². The van der Waals surface area contributed by atoms with E-state index in [2.05, 4.69) is 28.7 Å². The van der Waals surface area contributed by atoms with Crippen LogP contribution in [0.5, 0.6) is 0 Å². The zero-order chi connectivity index (χ0) is 18.0. The van der Waals surface area contributed by atoms with Gasteiger partial charge in [0.1, 0.15) is 11.9 Å². The first-order chi connectivity index (χ1) is 11.9. The summed E-state index contributed by atoms with van der Waals surface area (Å²) in [6.07, 6.45) is 2.61. The molecule has 0 unspecified atom stereocenters. The molecular formula is C20H24N4O. The fourth-order valence-electron chi connectivity index (χ4n) is 3.23. The number of aromatic amines is 1. The first kappa shape index (κ1) is 17.2. The minimum atomic E-state index is -0.346. The monoisotopic (exact) mass is 336 g/mol. The highest BCUT2D eigenvalue weighted by Crippen LogP contribution is 2.32. The van der Waals surface area contributed by atoms with Crippen LogP contribution in [0.15, 0.2) is 29.1 Å². The molecule has 2 heterocycles. The van der Waals surface area contributed by atoms with Crippen molar-refractivity contribution in [1.29, 1.82) is 5.26 Å². The lowest BCUT2D eigenvalue weighted by Crippen LogP contribution is -2.39. The molecule has 5 heteroatoms. The molecule has 130 valence electrons. The number of hydrogen-bond acceptors (Lipinski definition) is 4. The molecule has 5 nitrogen and oxygen atoms in total. The minimum Gasteiger partial charge on any atom is -0.355 e. The van der Waals surface area contributed by atoms with E-state index in [1.54, 1.807) is 0 Å². The SMILES string of the molecule is Cc1ccccc1Cc1nc(N2CCC(C)(C)CC2)c(C#N)c(=O)[nH]1. The summed E-state index contributed by atoms with van der Waals surface area (Å²) in [7, 11) is 0. The van der Waals surface area contributed by atoms with Crippen LogP contribution in [-0.4, -0.2) is 23.1 Å². The number of nitrogens with zero attached hydrogens (tertiary/aromatic N) is 3. The second-order valence-electron chi connectivity index (χ2n) is 7.58. The van der Waals surface area contributed by atoms with Gasteiger partial charge in [-0.15, -0.1) is 0 Å². The van der Waals surface area contributed by atoms with Gasteiger partial charge in [0.05, 0.1) is 0 Å². The number of anilines is 1. The Bertz CT molecular complexity index is 866. The van der Waals surface area contributed by atoms with Gasteiger partial charge in [-0.25, -0.2) is 4.98 Å². The van der Waals surface area contributed by atoms with Crippen LogP contribution in [0, 0.1) is 23.7 Å². The molecule has 0 bridgehead atoms. The Morgan fingerprint density at radius 3 is 2.60 bits per heavy atom. The Morgan fingerprint density at radius 2 is 1.96 bits per heavy atom. The standard InChI is InChI=1S/C20H24N4O/c1-14-6-4-5-7-15(14)12-17-22-18(16(13-21)19(25)23-17)24-10-8-20(2,3)9-11-24/h4-7H,8-12H2,1-3H3,(H,22,23,25). The van der Waals surface area contributed by atoms with Crippen molar-refractivity contribution in [3.05, 3.63) is 57.1 Å². The van der Waals surface area contributed by atoms with Crippen LogP contribution in [0.1, 0.15) is 49.2 Å². The summed E-state index contributed by atoms with van der Waals surface area (Å²) >= 11 is 0. The molecular weight excluding hydrogens is 312 g/mol. The number of aromatic nitrogens is 2. The Hall–Kier alpha value is -2.61. The van der Waals surface area contributed by atoms with Crippen molar-refractivity contribution in [2.24, 2.45) is 5.41 Å². The highest BCUT2D eigenvalue weighted by Gasteiger charge is 2.28. The van der Waals surface area contributed by atoms with E-state index in [-0.39, 0.29) is 11.1 Å². The lowest BCUT2D eigenvalue weighted by atomic mass is 9.82. The van der Waals surface area contributed by atoms with Crippen LogP contribution in [0.4, 0.5) is 5.82 Å². The van der Waals surface area contributed by atoms with E-state index in [9.17, 15) is 10.1 Å². The van der Waals surface area contributed by atoms with Crippen molar-refractivity contribution in [1.82, 2.24) is 9.97 Å². The molecule has 1 aromatic heterocycles. The molecule has 25 heavy (non-hydrogen) atoms. The zero-order valence-corrected chi connectivity index (χ0v) is 15.1. The van der Waals surface area contributed by atoms with E-state index in [4.69, 9.17) is 0 Å². The third-order valence-corrected chi connectivity index (χ3v) is 5.10. The third kappa shape index (κ3) is 3.74. The average Bonchev–Trinajstić information content (AvgIpc) is 2.56. The van der Waals surface area contributed by atoms with Gasteiger partial charge in [-0.1, -0.05) is 38.1 Å². The summed E-state index contributed by atoms with van der Waals surface area (Å²) in [5, 5.41) is 9.42. The summed E-state index contributed by atoms with van der Waals surface area (Å²) in [5.74, 6) is 1.14. The van der Waals surface area contributed by atoms with Crippen LogP contribution >= 0.6 is 0 Å². The Morgan fingerprint density at radius 1 is 1.28 bits per heavy atom. The number of piperidine rings is 1. The van der Waals surface area contributed by atoms with E-state index in [1.807, 2.05) is 37.3 Å². The van der Waals surface area contributed by atoms with Crippen LogP contribution in [0.3, 0.4) is 0 Å². The first-order valence-electron chi connectivity index (χ1n) is 8.72. The second kappa shape index (κ2) is 6.72. The maximum atomic E-state index is 12.4. The average molecular weight is 336 g/mol. The van der Waals surface area contributed by atoms with E-state index in [0.29, 0.717) is 23.5 Å². The van der Waals surface area contributed by atoms with Gasteiger partial charge in [0.25, 0.3) is 5.56 Å². The number of benzene rings is 1. The summed E-state index contributed by atoms with van der Waals surface area (Å²) in [4.78, 5) is 21.9. The predicted octanol–water partition coefficient (Wildman–Crippen LogP) is 3.17. The second-order valence-corrected chi connectivity index (χ2v) is 7.58. The maximum absolute atomic E-state index is 12.4. The molecule has 0 amide bonds. The normalized spacial score (nSPS) is 16.5. The quantitative estimate of drug-likeness (QED) is 0.934. The highest BCUT2D eigenvalue weighted by molar-refractivity contribution is 5.53. The number of aryl methyl sites for hydroxylation is 1.